The molecule has 18 heteroatoms. The fourth-order valence-corrected chi connectivity index (χ4v) is 9.45. The van der Waals surface area contributed by atoms with Crippen LogP contribution in [0.15, 0.2) is 78.9 Å². The van der Waals surface area contributed by atoms with Gasteiger partial charge in [0.1, 0.15) is 17.4 Å². The summed E-state index contributed by atoms with van der Waals surface area (Å²) >= 11 is 0. The summed E-state index contributed by atoms with van der Waals surface area (Å²) in [6.45, 7) is 10.1. The number of alkyl halides is 6. The minimum atomic E-state index is -5.01. The SMILES string of the molecule is CC(=O)N1CCN([C@H]2CCN(C(=O)N(C)[C@H](C)c3cc(C(F)(F)F)cc(C(F)(F)F)c3)[C@@H](c3ccc(F)cc3C)C2)CC1.Fc1ccc([C@@H]2CCNC[C@H]2COc2ccc3c(c2)OCO3)cc1. The minimum absolute atomic E-state index is 0.000149. The highest BCUT2D eigenvalue weighted by Gasteiger charge is 2.41. The first-order valence-electron chi connectivity index (χ1n) is 22.3. The third kappa shape index (κ3) is 11.9. The highest BCUT2D eigenvalue weighted by atomic mass is 19.4. The van der Waals surface area contributed by atoms with Crippen molar-refractivity contribution in [3.8, 4) is 17.2 Å². The molecule has 5 atom stereocenters. The number of rotatable bonds is 8. The standard InChI is InChI=1S/C30H35F7N4O2.C19H20FNO3/c1-18-13-24(31)5-6-26(18)27-17-25(40-11-9-39(10-12-40)20(3)42)7-8-41(27)28(43)38(4)19(2)21-14-22(29(32,33)34)16-23(15-21)30(35,36)37;20-15-3-1-13(2-4-15)17-7-8-21-10-14(17)11-22-16-5-6-18-19(9-16)24-12-23-18/h5-6,13-16,19,25,27H,7-12,17H2,1-4H3;1-6,9,14,17,21H,7-8,10-12H2/t19-,25+,27-;14-,17-/m10/s1. The van der Waals surface area contributed by atoms with Gasteiger partial charge in [-0.25, -0.2) is 13.6 Å². The molecule has 8 rings (SSSR count). The van der Waals surface area contributed by atoms with E-state index in [0.717, 1.165) is 41.7 Å². The van der Waals surface area contributed by atoms with E-state index in [2.05, 4.69) is 10.2 Å². The van der Waals surface area contributed by atoms with Crippen molar-refractivity contribution in [3.05, 3.63) is 124 Å². The van der Waals surface area contributed by atoms with Crippen molar-refractivity contribution in [2.45, 2.75) is 76.4 Å². The fraction of sp³-hybridized carbons (Fsp3) is 0.469. The molecule has 0 spiro atoms. The number of ether oxygens (including phenoxy) is 3. The Morgan fingerprint density at radius 2 is 1.48 bits per heavy atom. The van der Waals surface area contributed by atoms with E-state index in [0.29, 0.717) is 80.7 Å². The maximum absolute atomic E-state index is 14.0. The number of halogens is 8. The molecule has 3 saturated heterocycles. The van der Waals surface area contributed by atoms with E-state index in [9.17, 15) is 44.7 Å². The molecule has 3 amide bonds. The van der Waals surface area contributed by atoms with Crippen LogP contribution >= 0.6 is 0 Å². The molecule has 1 N–H and O–H groups in total. The zero-order valence-corrected chi connectivity index (χ0v) is 37.7. The molecule has 362 valence electrons. The Morgan fingerprint density at radius 3 is 2.12 bits per heavy atom. The van der Waals surface area contributed by atoms with E-state index in [4.69, 9.17) is 14.2 Å². The zero-order chi connectivity index (χ0) is 48.2. The van der Waals surface area contributed by atoms with Crippen LogP contribution in [0.1, 0.15) is 84.5 Å². The number of likely N-dealkylation sites (tertiary alicyclic amines) is 1. The van der Waals surface area contributed by atoms with Crippen LogP contribution in [0.4, 0.5) is 39.9 Å². The van der Waals surface area contributed by atoms with Crippen LogP contribution in [-0.2, 0) is 17.1 Å². The van der Waals surface area contributed by atoms with Crippen LogP contribution in [-0.4, -0.2) is 104 Å². The number of nitrogens with zero attached hydrogens (tertiary/aromatic N) is 4. The molecule has 3 fully saturated rings. The molecule has 4 heterocycles. The molecular weight excluding hydrogens is 891 g/mol. The number of carbonyl (C=O) groups is 2. The molecule has 0 aromatic heterocycles. The largest absolute Gasteiger partial charge is 0.493 e. The van der Waals surface area contributed by atoms with Gasteiger partial charge in [-0.3, -0.25) is 9.69 Å². The van der Waals surface area contributed by atoms with Crippen molar-refractivity contribution in [2.24, 2.45) is 5.92 Å². The molecule has 67 heavy (non-hydrogen) atoms. The molecule has 4 aromatic rings. The van der Waals surface area contributed by atoms with Crippen molar-refractivity contribution in [1.29, 1.82) is 0 Å². The van der Waals surface area contributed by atoms with Crippen LogP contribution in [0.5, 0.6) is 17.2 Å². The molecule has 0 saturated carbocycles. The number of piperazine rings is 1. The normalized spacial score (nSPS) is 21.6. The van der Waals surface area contributed by atoms with Crippen molar-refractivity contribution < 1.29 is 58.9 Å². The number of benzene rings is 4. The topological polar surface area (TPSA) is 86.8 Å². The molecule has 0 unspecified atom stereocenters. The number of urea groups is 1. The van der Waals surface area contributed by atoms with Crippen molar-refractivity contribution in [3.63, 3.8) is 0 Å². The van der Waals surface area contributed by atoms with E-state index in [-0.39, 0.29) is 42.7 Å². The maximum atomic E-state index is 14.0. The lowest BCUT2D eigenvalue weighted by atomic mass is 9.81. The number of hydrogen-bond acceptors (Lipinski definition) is 7. The molecule has 10 nitrogen and oxygen atoms in total. The van der Waals surface area contributed by atoms with Gasteiger partial charge in [0.25, 0.3) is 0 Å². The van der Waals surface area contributed by atoms with Crippen LogP contribution in [0.25, 0.3) is 0 Å². The van der Waals surface area contributed by atoms with Gasteiger partial charge in [0.15, 0.2) is 11.5 Å². The fourth-order valence-electron chi connectivity index (χ4n) is 9.45. The van der Waals surface area contributed by atoms with Crippen molar-refractivity contribution in [2.75, 3.05) is 66.3 Å². The van der Waals surface area contributed by atoms with Crippen LogP contribution in [0.2, 0.25) is 0 Å². The summed E-state index contributed by atoms with van der Waals surface area (Å²) in [6.07, 6.45) is -7.93. The second-order valence-corrected chi connectivity index (χ2v) is 17.6. The summed E-state index contributed by atoms with van der Waals surface area (Å²) in [6, 6.07) is 15.9. The summed E-state index contributed by atoms with van der Waals surface area (Å²) in [5.74, 6) is 2.34. The van der Waals surface area contributed by atoms with E-state index in [1.807, 2.05) is 30.3 Å². The van der Waals surface area contributed by atoms with Crippen LogP contribution in [0.3, 0.4) is 0 Å². The van der Waals surface area contributed by atoms with Gasteiger partial charge < -0.3 is 34.2 Å². The Morgan fingerprint density at radius 1 is 0.821 bits per heavy atom. The first kappa shape index (κ1) is 49.3. The first-order chi connectivity index (χ1) is 31.8. The van der Waals surface area contributed by atoms with E-state index < -0.39 is 47.4 Å². The number of amides is 3. The van der Waals surface area contributed by atoms with Gasteiger partial charge in [-0.2, -0.15) is 26.3 Å². The van der Waals surface area contributed by atoms with Gasteiger partial charge in [-0.15, -0.1) is 0 Å². The van der Waals surface area contributed by atoms with Gasteiger partial charge in [-0.05, 0) is 122 Å². The van der Waals surface area contributed by atoms with Crippen LogP contribution < -0.4 is 19.5 Å². The Balaban J connectivity index is 0.000000232. The number of carbonyl (C=O) groups excluding carboxylic acids is 2. The molecule has 0 aliphatic carbocycles. The summed E-state index contributed by atoms with van der Waals surface area (Å²) in [4.78, 5) is 32.4. The first-order valence-corrected chi connectivity index (χ1v) is 22.3. The number of fused-ring (bicyclic) bond motifs is 1. The number of aryl methyl sites for hydroxylation is 1. The lowest BCUT2D eigenvalue weighted by Crippen LogP contribution is -2.56. The highest BCUT2D eigenvalue weighted by Crippen LogP contribution is 2.41. The predicted octanol–water partition coefficient (Wildman–Crippen LogP) is 9.98. The Hall–Kier alpha value is -5.62. The number of piperidine rings is 2. The second-order valence-electron chi connectivity index (χ2n) is 17.6. The average Bonchev–Trinajstić information content (AvgIpc) is 3.78. The molecule has 4 aliphatic rings. The minimum Gasteiger partial charge on any atom is -0.493 e. The Kier molecular flexibility index (Phi) is 15.2. The van der Waals surface area contributed by atoms with Gasteiger partial charge in [0, 0.05) is 71.3 Å². The van der Waals surface area contributed by atoms with Gasteiger partial charge in [0.2, 0.25) is 12.7 Å². The van der Waals surface area contributed by atoms with Crippen LogP contribution in [0, 0.1) is 24.5 Å². The predicted molar refractivity (Wildman–Crippen MR) is 234 cm³/mol. The number of hydrogen-bond donors (Lipinski definition) is 1. The average molecular weight is 946 g/mol. The van der Waals surface area contributed by atoms with E-state index in [1.165, 1.54) is 50.7 Å². The Labute approximate surface area is 384 Å². The van der Waals surface area contributed by atoms with Gasteiger partial charge in [-0.1, -0.05) is 18.2 Å². The van der Waals surface area contributed by atoms with Crippen molar-refractivity contribution >= 4 is 11.9 Å². The smallest absolute Gasteiger partial charge is 0.416 e. The molecule has 0 radical (unpaired) electrons. The highest BCUT2D eigenvalue weighted by molar-refractivity contribution is 5.76. The van der Waals surface area contributed by atoms with Crippen molar-refractivity contribution in [1.82, 2.24) is 24.9 Å². The third-order valence-electron chi connectivity index (χ3n) is 13.4. The van der Waals surface area contributed by atoms with Gasteiger partial charge in [0.05, 0.1) is 29.8 Å². The Bertz CT molecular complexity index is 2330. The molecule has 4 aromatic carbocycles. The van der Waals surface area contributed by atoms with Gasteiger partial charge >= 0.3 is 18.4 Å². The summed E-state index contributed by atoms with van der Waals surface area (Å²) < 4.78 is 125. The third-order valence-corrected chi connectivity index (χ3v) is 13.4. The summed E-state index contributed by atoms with van der Waals surface area (Å²) in [5.41, 5.74) is -0.691. The second kappa shape index (κ2) is 20.7. The zero-order valence-electron chi connectivity index (χ0n) is 37.7. The monoisotopic (exact) mass is 945 g/mol. The molecular formula is C49H55F8N5O5. The molecule has 4 aliphatic heterocycles. The summed E-state index contributed by atoms with van der Waals surface area (Å²) in [5, 5.41) is 3.43. The van der Waals surface area contributed by atoms with E-state index >= 15 is 0 Å². The quantitative estimate of drug-likeness (QED) is 0.176. The van der Waals surface area contributed by atoms with E-state index in [1.54, 1.807) is 22.8 Å². The lowest BCUT2D eigenvalue weighted by molar-refractivity contribution is -0.143. The molecule has 0 bridgehead atoms. The maximum Gasteiger partial charge on any atom is 0.416 e. The summed E-state index contributed by atoms with van der Waals surface area (Å²) in [7, 11) is 1.35. The number of nitrogens with one attached hydrogen (secondary N) is 1. The lowest BCUT2D eigenvalue weighted by Gasteiger charge is -2.47.